The summed E-state index contributed by atoms with van der Waals surface area (Å²) in [5.74, 6) is 0. The van der Waals surface area contributed by atoms with Gasteiger partial charge in [0.25, 0.3) is 0 Å². The van der Waals surface area contributed by atoms with Crippen molar-refractivity contribution in [3.05, 3.63) is 0 Å². The highest BCUT2D eigenvalue weighted by Crippen LogP contribution is 1.01. The van der Waals surface area contributed by atoms with Crippen molar-refractivity contribution in [1.82, 2.24) is 10.2 Å². The van der Waals surface area contributed by atoms with E-state index in [1.165, 1.54) is 0 Å². The zero-order chi connectivity index (χ0) is 3.41. The Labute approximate surface area is 31.9 Å². The van der Waals surface area contributed by atoms with Crippen molar-refractivity contribution < 1.29 is 0 Å². The minimum atomic E-state index is 1.06. The van der Waals surface area contributed by atoms with Crippen molar-refractivity contribution in [2.45, 2.75) is 0 Å². The average molecular weight is 92.2 g/mol. The minimum Gasteiger partial charge on any atom is -0.297 e. The fourth-order valence-electron chi connectivity index (χ4n) is 0. The van der Waals surface area contributed by atoms with E-state index >= 15 is 0 Å². The molecule has 0 aromatic carbocycles. The zero-order valence-electron chi connectivity index (χ0n) is 3.00. The Bertz CT molecular complexity index is 6.00. The van der Waals surface area contributed by atoms with Crippen LogP contribution >= 0.6 is 0 Å². The Kier molecular flexibility index (Phi) is 3.65. The molecule has 0 aliphatic rings. The highest BCUT2D eigenvalue weighted by Gasteiger charge is 1.44. The van der Waals surface area contributed by atoms with Gasteiger partial charge < -0.3 is 0 Å². The summed E-state index contributed by atoms with van der Waals surface area (Å²) in [6.45, 7) is 0. The van der Waals surface area contributed by atoms with Crippen LogP contribution < -0.4 is 10.2 Å². The standard InChI is InChI=1S/H8N2Si2/c3-1-2-4/h1-2H,3-4H3. The summed E-state index contributed by atoms with van der Waals surface area (Å²) in [4.78, 5) is 0. The molecule has 0 radical (unpaired) electrons. The molecule has 0 saturated heterocycles. The molecule has 0 saturated carbocycles. The smallest absolute Gasteiger partial charge is 0.0932 e. The molecule has 0 aromatic heterocycles. The van der Waals surface area contributed by atoms with E-state index < -0.39 is 0 Å². The maximum atomic E-state index is 2.88. The summed E-state index contributed by atoms with van der Waals surface area (Å²) in [6.07, 6.45) is 0. The lowest BCUT2D eigenvalue weighted by Gasteiger charge is -1.82. The van der Waals surface area contributed by atoms with E-state index in [4.69, 9.17) is 0 Å². The van der Waals surface area contributed by atoms with Crippen LogP contribution in [0.4, 0.5) is 0 Å². The summed E-state index contributed by atoms with van der Waals surface area (Å²) >= 11 is 0. The Morgan fingerprint density at radius 2 is 1.25 bits per heavy atom. The van der Waals surface area contributed by atoms with Gasteiger partial charge in [-0.2, -0.15) is 0 Å². The second-order valence-electron chi connectivity index (χ2n) is 0.500. The normalized spacial score (nSPS) is 9.00. The molecular formula is H8N2Si2. The molecule has 0 bridgehead atoms. The van der Waals surface area contributed by atoms with Crippen LogP contribution in [0.15, 0.2) is 0 Å². The summed E-state index contributed by atoms with van der Waals surface area (Å²) in [5, 5.41) is 5.76. The number of hydrogen-bond acceptors (Lipinski definition) is 2. The Balaban J connectivity index is 1.97. The summed E-state index contributed by atoms with van der Waals surface area (Å²) in [7, 11) is 2.13. The van der Waals surface area contributed by atoms with E-state index in [-0.39, 0.29) is 0 Å². The molecule has 0 unspecified atom stereocenters. The molecule has 0 aromatic rings. The van der Waals surface area contributed by atoms with Crippen LogP contribution in [0.3, 0.4) is 0 Å². The maximum absolute atomic E-state index is 2.88. The summed E-state index contributed by atoms with van der Waals surface area (Å²) in [5.41, 5.74) is 0. The average Bonchev–Trinajstić information content (AvgIpc) is 1.37. The zero-order valence-corrected chi connectivity index (χ0v) is 7.00. The first-order valence-electron chi connectivity index (χ1n) is 1.25. The largest absolute Gasteiger partial charge is 0.297 e. The van der Waals surface area contributed by atoms with E-state index in [0.29, 0.717) is 0 Å². The van der Waals surface area contributed by atoms with Gasteiger partial charge in [-0.15, -0.1) is 0 Å². The fraction of sp³-hybridized carbons (Fsp3) is 0. The summed E-state index contributed by atoms with van der Waals surface area (Å²) in [6, 6.07) is 0. The molecule has 0 heterocycles. The molecule has 0 rings (SSSR count). The van der Waals surface area contributed by atoms with Crippen molar-refractivity contribution in [3.8, 4) is 0 Å². The fourth-order valence-corrected chi connectivity index (χ4v) is 0. The second-order valence-corrected chi connectivity index (χ2v) is 1.50. The lowest BCUT2D eigenvalue weighted by atomic mass is 12.9. The van der Waals surface area contributed by atoms with Crippen LogP contribution in [0.25, 0.3) is 0 Å². The quantitative estimate of drug-likeness (QED) is 0.261. The van der Waals surface area contributed by atoms with Crippen LogP contribution in [-0.4, -0.2) is 20.8 Å². The lowest BCUT2D eigenvalue weighted by Crippen LogP contribution is -2.25. The Morgan fingerprint density at radius 3 is 1.25 bits per heavy atom. The highest BCUT2D eigenvalue weighted by molar-refractivity contribution is 6.10. The third kappa shape index (κ3) is 2.35. The topological polar surface area (TPSA) is 24.1 Å². The van der Waals surface area contributed by atoms with Crippen LogP contribution in [0.5, 0.6) is 0 Å². The monoisotopic (exact) mass is 92.0 g/mol. The lowest BCUT2D eigenvalue weighted by molar-refractivity contribution is 0.965. The first-order valence-corrected chi connectivity index (χ1v) is 3.25. The van der Waals surface area contributed by atoms with E-state index in [2.05, 4.69) is 10.2 Å². The molecule has 0 atom stereocenters. The van der Waals surface area contributed by atoms with E-state index in [1.54, 1.807) is 0 Å². The molecule has 4 heavy (non-hydrogen) atoms. The molecule has 0 spiro atoms. The van der Waals surface area contributed by atoms with Crippen LogP contribution in [0.1, 0.15) is 0 Å². The van der Waals surface area contributed by atoms with Crippen molar-refractivity contribution in [3.63, 3.8) is 0 Å². The van der Waals surface area contributed by atoms with Crippen molar-refractivity contribution in [2.75, 3.05) is 0 Å². The molecule has 2 N–H and O–H groups in total. The molecule has 4 heteroatoms. The van der Waals surface area contributed by atoms with Crippen molar-refractivity contribution in [1.29, 1.82) is 0 Å². The van der Waals surface area contributed by atoms with Gasteiger partial charge in [0.15, 0.2) is 0 Å². The molecule has 2 nitrogen and oxygen atoms in total. The number of hydrogen-bond donors (Lipinski definition) is 2. The van der Waals surface area contributed by atoms with Gasteiger partial charge in [-0.25, -0.2) is 0 Å². The van der Waals surface area contributed by atoms with Crippen LogP contribution in [0, 0.1) is 0 Å². The van der Waals surface area contributed by atoms with Gasteiger partial charge in [-0.1, -0.05) is 0 Å². The predicted octanol–water partition coefficient (Wildman–Crippen LogP) is -3.36. The molecular weight excluding hydrogens is 84.2 g/mol. The van der Waals surface area contributed by atoms with Gasteiger partial charge in [0, 0.05) is 0 Å². The third-order valence-electron chi connectivity index (χ3n) is 0.250. The van der Waals surface area contributed by atoms with Gasteiger partial charge in [-0.05, 0) is 0 Å². The van der Waals surface area contributed by atoms with Gasteiger partial charge in [0.05, 0.1) is 20.8 Å². The highest BCUT2D eigenvalue weighted by atomic mass is 28.2. The number of rotatable bonds is 1. The molecule has 0 fully saturated rings. The van der Waals surface area contributed by atoms with Crippen molar-refractivity contribution >= 4 is 20.8 Å². The van der Waals surface area contributed by atoms with Gasteiger partial charge in [0.2, 0.25) is 0 Å². The minimum absolute atomic E-state index is 1.06. The van der Waals surface area contributed by atoms with E-state index in [9.17, 15) is 0 Å². The molecule has 0 amide bonds. The van der Waals surface area contributed by atoms with Gasteiger partial charge in [-0.3, -0.25) is 10.2 Å². The van der Waals surface area contributed by atoms with Crippen LogP contribution in [-0.2, 0) is 0 Å². The molecule has 26 valence electrons. The van der Waals surface area contributed by atoms with Gasteiger partial charge >= 0.3 is 0 Å². The van der Waals surface area contributed by atoms with Crippen LogP contribution in [0.2, 0.25) is 0 Å². The van der Waals surface area contributed by atoms with Crippen molar-refractivity contribution in [2.24, 2.45) is 0 Å². The SMILES string of the molecule is [SiH3]NN[SiH3]. The first kappa shape index (κ1) is 4.35. The molecule has 0 aliphatic carbocycles. The van der Waals surface area contributed by atoms with E-state index in [0.717, 1.165) is 20.8 Å². The van der Waals surface area contributed by atoms with Gasteiger partial charge in [0.1, 0.15) is 0 Å². The summed E-state index contributed by atoms with van der Waals surface area (Å²) < 4.78 is 0. The Hall–Kier alpha value is 0.354. The number of nitrogens with one attached hydrogen (secondary N) is 2. The Morgan fingerprint density at radius 1 is 1.00 bits per heavy atom. The molecule has 0 aliphatic heterocycles. The predicted molar refractivity (Wildman–Crippen MR) is 26.1 cm³/mol. The third-order valence-corrected chi connectivity index (χ3v) is 2.25. The first-order chi connectivity index (χ1) is 1.91. The number of hydrazine groups is 1. The second kappa shape index (κ2) is 3.35. The van der Waals surface area contributed by atoms with E-state index in [1.807, 2.05) is 0 Å². The maximum Gasteiger partial charge on any atom is 0.0932 e.